The molecule has 2 aliphatic rings. The van der Waals surface area contributed by atoms with E-state index in [1.54, 1.807) is 30.3 Å². The monoisotopic (exact) mass is 364 g/mol. The lowest BCUT2D eigenvalue weighted by Crippen LogP contribution is -2.34. The van der Waals surface area contributed by atoms with Crippen LogP contribution in [0.3, 0.4) is 0 Å². The summed E-state index contributed by atoms with van der Waals surface area (Å²) in [4.78, 5) is 23.7. The van der Waals surface area contributed by atoms with Crippen LogP contribution in [0.5, 0.6) is 0 Å². The number of sulfonamides is 1. The average Bonchev–Trinajstić information content (AvgIpc) is 2.94. The number of carboxylic acids is 1. The van der Waals surface area contributed by atoms with Crippen molar-refractivity contribution in [1.29, 1.82) is 0 Å². The van der Waals surface area contributed by atoms with Crippen molar-refractivity contribution in [1.82, 2.24) is 0 Å². The summed E-state index contributed by atoms with van der Waals surface area (Å²) in [6.45, 7) is 0.461. The van der Waals surface area contributed by atoms with Crippen molar-refractivity contribution in [2.75, 3.05) is 21.9 Å². The Kier molecular flexibility index (Phi) is 4.80. The van der Waals surface area contributed by atoms with Crippen LogP contribution in [0.25, 0.3) is 0 Å². The molecule has 3 rings (SSSR count). The van der Waals surface area contributed by atoms with Gasteiger partial charge in [0.2, 0.25) is 15.9 Å². The molecule has 0 saturated carbocycles. The molecule has 1 aromatic carbocycles. The maximum atomic E-state index is 12.4. The van der Waals surface area contributed by atoms with Crippen LogP contribution in [0.15, 0.2) is 36.4 Å². The third-order valence-corrected chi connectivity index (χ3v) is 6.48. The minimum absolute atomic E-state index is 0.150. The second-order valence-corrected chi connectivity index (χ2v) is 8.28. The number of carbonyl (C=O) groups excluding carboxylic acids is 1. The number of rotatable bonds is 4. The second-order valence-electron chi connectivity index (χ2n) is 6.27. The Hall–Kier alpha value is -2.35. The number of allylic oxidation sites excluding steroid dienone is 2. The first-order valence-corrected chi connectivity index (χ1v) is 9.78. The van der Waals surface area contributed by atoms with E-state index in [-0.39, 0.29) is 11.7 Å². The van der Waals surface area contributed by atoms with E-state index in [0.717, 1.165) is 0 Å². The summed E-state index contributed by atoms with van der Waals surface area (Å²) in [6, 6.07) is 6.56. The Balaban J connectivity index is 1.70. The highest BCUT2D eigenvalue weighted by molar-refractivity contribution is 7.93. The largest absolute Gasteiger partial charge is 0.481 e. The Morgan fingerprint density at radius 1 is 1.08 bits per heavy atom. The maximum absolute atomic E-state index is 12.4. The number of nitrogens with one attached hydrogen (secondary N) is 1. The zero-order valence-corrected chi connectivity index (χ0v) is 14.4. The number of carboxylic acid groups (broad SMARTS) is 1. The fourth-order valence-corrected chi connectivity index (χ4v) is 4.82. The van der Waals surface area contributed by atoms with Crippen molar-refractivity contribution in [3.8, 4) is 0 Å². The lowest BCUT2D eigenvalue weighted by atomic mass is 9.82. The van der Waals surface area contributed by atoms with Crippen molar-refractivity contribution in [2.45, 2.75) is 19.3 Å². The quantitative estimate of drug-likeness (QED) is 0.793. The number of amides is 1. The smallest absolute Gasteiger partial charge is 0.307 e. The SMILES string of the molecule is O=C(O)C1CC=CCC1C(=O)Nc1ccc(N2CCCS2(=O)=O)cc1. The van der Waals surface area contributed by atoms with E-state index >= 15 is 0 Å². The van der Waals surface area contributed by atoms with Crippen molar-refractivity contribution in [3.63, 3.8) is 0 Å². The van der Waals surface area contributed by atoms with Crippen LogP contribution < -0.4 is 9.62 Å². The molecule has 1 amide bonds. The highest BCUT2D eigenvalue weighted by Gasteiger charge is 2.34. The topological polar surface area (TPSA) is 104 Å². The normalized spacial score (nSPS) is 24.9. The molecule has 2 unspecified atom stereocenters. The first-order valence-electron chi connectivity index (χ1n) is 8.17. The van der Waals surface area contributed by atoms with E-state index in [9.17, 15) is 23.1 Å². The van der Waals surface area contributed by atoms with Crippen molar-refractivity contribution < 1.29 is 23.1 Å². The van der Waals surface area contributed by atoms with Crippen LogP contribution >= 0.6 is 0 Å². The Bertz CT molecular complexity index is 801. The molecule has 2 N–H and O–H groups in total. The minimum atomic E-state index is -3.24. The third kappa shape index (κ3) is 3.68. The lowest BCUT2D eigenvalue weighted by Gasteiger charge is -2.24. The number of aliphatic carboxylic acids is 1. The number of nitrogens with zero attached hydrogens (tertiary/aromatic N) is 1. The molecule has 1 aliphatic carbocycles. The van der Waals surface area contributed by atoms with Crippen LogP contribution in [0, 0.1) is 11.8 Å². The summed E-state index contributed by atoms with van der Waals surface area (Å²) < 4.78 is 25.2. The Morgan fingerprint density at radius 2 is 1.72 bits per heavy atom. The van der Waals surface area contributed by atoms with Gasteiger partial charge in [-0.3, -0.25) is 13.9 Å². The maximum Gasteiger partial charge on any atom is 0.307 e. The first kappa shape index (κ1) is 17.5. The summed E-state index contributed by atoms with van der Waals surface area (Å²) in [6.07, 6.45) is 4.96. The number of benzene rings is 1. The van der Waals surface area contributed by atoms with Gasteiger partial charge in [-0.2, -0.15) is 0 Å². The summed E-state index contributed by atoms with van der Waals surface area (Å²) >= 11 is 0. The van der Waals surface area contributed by atoms with Gasteiger partial charge in [-0.25, -0.2) is 8.42 Å². The Morgan fingerprint density at radius 3 is 2.28 bits per heavy atom. The molecule has 7 nitrogen and oxygen atoms in total. The zero-order chi connectivity index (χ0) is 18.0. The number of anilines is 2. The summed E-state index contributed by atoms with van der Waals surface area (Å²) in [5, 5.41) is 12.0. The van der Waals surface area contributed by atoms with Crippen molar-refractivity contribution >= 4 is 33.3 Å². The van der Waals surface area contributed by atoms with E-state index in [0.29, 0.717) is 37.2 Å². The predicted molar refractivity (Wildman–Crippen MR) is 93.8 cm³/mol. The average molecular weight is 364 g/mol. The van der Waals surface area contributed by atoms with Gasteiger partial charge in [0.25, 0.3) is 0 Å². The van der Waals surface area contributed by atoms with E-state index in [2.05, 4.69) is 5.32 Å². The fraction of sp³-hybridized carbons (Fsp3) is 0.412. The van der Waals surface area contributed by atoms with Gasteiger partial charge in [0.15, 0.2) is 0 Å². The van der Waals surface area contributed by atoms with Gasteiger partial charge in [-0.1, -0.05) is 12.2 Å². The first-order chi connectivity index (χ1) is 11.9. The molecule has 2 atom stereocenters. The molecular formula is C17H20N2O5S. The number of hydrogen-bond acceptors (Lipinski definition) is 4. The molecule has 0 spiro atoms. The van der Waals surface area contributed by atoms with Crippen LogP contribution in [0.1, 0.15) is 19.3 Å². The molecular weight excluding hydrogens is 344 g/mol. The highest BCUT2D eigenvalue weighted by Crippen LogP contribution is 2.28. The zero-order valence-electron chi connectivity index (χ0n) is 13.6. The summed E-state index contributed by atoms with van der Waals surface area (Å²) in [5.41, 5.74) is 1.09. The molecule has 0 bridgehead atoms. The van der Waals surface area contributed by atoms with Crippen molar-refractivity contribution in [2.24, 2.45) is 11.8 Å². The molecule has 0 aromatic heterocycles. The minimum Gasteiger partial charge on any atom is -0.481 e. The Labute approximate surface area is 146 Å². The molecule has 1 aromatic rings. The molecule has 8 heteroatoms. The molecule has 1 aliphatic heterocycles. The molecule has 1 fully saturated rings. The van der Waals surface area contributed by atoms with Gasteiger partial charge in [0.05, 0.1) is 23.3 Å². The number of carbonyl (C=O) groups is 2. The number of hydrogen-bond donors (Lipinski definition) is 2. The fourth-order valence-electron chi connectivity index (χ4n) is 3.25. The van der Waals surface area contributed by atoms with Gasteiger partial charge in [-0.15, -0.1) is 0 Å². The highest BCUT2D eigenvalue weighted by atomic mass is 32.2. The van der Waals surface area contributed by atoms with E-state index in [4.69, 9.17) is 0 Å². The van der Waals surface area contributed by atoms with E-state index in [1.807, 2.05) is 6.08 Å². The van der Waals surface area contributed by atoms with Crippen LogP contribution in [0.2, 0.25) is 0 Å². The van der Waals surface area contributed by atoms with Crippen LogP contribution in [0.4, 0.5) is 11.4 Å². The van der Waals surface area contributed by atoms with Gasteiger partial charge in [0, 0.05) is 12.2 Å². The second kappa shape index (κ2) is 6.87. The predicted octanol–water partition coefficient (Wildman–Crippen LogP) is 1.83. The lowest BCUT2D eigenvalue weighted by molar-refractivity contribution is -0.146. The van der Waals surface area contributed by atoms with E-state index in [1.165, 1.54) is 4.31 Å². The molecule has 134 valence electrons. The van der Waals surface area contributed by atoms with Crippen LogP contribution in [-0.4, -0.2) is 37.7 Å². The summed E-state index contributed by atoms with van der Waals surface area (Å²) in [7, 11) is -3.24. The molecule has 1 heterocycles. The van der Waals surface area contributed by atoms with Crippen LogP contribution in [-0.2, 0) is 19.6 Å². The third-order valence-electron chi connectivity index (χ3n) is 4.61. The molecule has 1 saturated heterocycles. The van der Waals surface area contributed by atoms with Gasteiger partial charge in [-0.05, 0) is 43.5 Å². The van der Waals surface area contributed by atoms with Gasteiger partial charge < -0.3 is 10.4 Å². The standard InChI is InChI=1S/C17H20N2O5S/c20-16(14-4-1-2-5-15(14)17(21)22)18-12-6-8-13(9-7-12)19-10-3-11-25(19,23)24/h1-2,6-9,14-15H,3-5,10-11H2,(H,18,20)(H,21,22). The van der Waals surface area contributed by atoms with Gasteiger partial charge in [0.1, 0.15) is 0 Å². The van der Waals surface area contributed by atoms with E-state index < -0.39 is 27.8 Å². The molecule has 25 heavy (non-hydrogen) atoms. The molecule has 0 radical (unpaired) electrons. The van der Waals surface area contributed by atoms with Gasteiger partial charge >= 0.3 is 5.97 Å². The summed E-state index contributed by atoms with van der Waals surface area (Å²) in [5.74, 6) is -2.49. The van der Waals surface area contributed by atoms with Crippen molar-refractivity contribution in [3.05, 3.63) is 36.4 Å².